The van der Waals surface area contributed by atoms with Gasteiger partial charge in [-0.25, -0.2) is 0 Å². The molecule has 0 aromatic carbocycles. The van der Waals surface area contributed by atoms with E-state index in [1.165, 1.54) is 14.2 Å². The Hall–Kier alpha value is 0.829. The van der Waals surface area contributed by atoms with Crippen LogP contribution in [0.1, 0.15) is 0 Å². The average molecular weight is 228 g/mol. The van der Waals surface area contributed by atoms with Gasteiger partial charge in [0.25, 0.3) is 0 Å². The molecule has 0 saturated carbocycles. The van der Waals surface area contributed by atoms with E-state index in [2.05, 4.69) is 0 Å². The molecule has 0 atom stereocenters. The van der Waals surface area contributed by atoms with Gasteiger partial charge in [-0.3, -0.25) is 0 Å². The van der Waals surface area contributed by atoms with E-state index in [0.29, 0.717) is 0 Å². The molecule has 0 aliphatic heterocycles. The summed E-state index contributed by atoms with van der Waals surface area (Å²) in [5.41, 5.74) is 0. The molecular weight excluding hydrogens is 227 g/mol. The molecule has 0 aliphatic rings. The predicted octanol–water partition coefficient (Wildman–Crippen LogP) is 0.0262. The van der Waals surface area contributed by atoms with Gasteiger partial charge in [-0.15, -0.1) is 0 Å². The van der Waals surface area contributed by atoms with Crippen molar-refractivity contribution in [2.45, 2.75) is 5.07 Å². The molecule has 0 aromatic rings. The first-order valence-corrected chi connectivity index (χ1v) is 6.56. The molecule has 0 aromatic heterocycles. The molecule has 38 valence electrons. The summed E-state index contributed by atoms with van der Waals surface area (Å²) in [4.78, 5) is 0. The van der Waals surface area contributed by atoms with Gasteiger partial charge < -0.3 is 0 Å². The van der Waals surface area contributed by atoms with Crippen molar-refractivity contribution < 1.29 is 13.2 Å². The third-order valence-electron chi connectivity index (χ3n) is 0.104. The number of rotatable bonds is 0. The molecule has 0 heterocycles. The molecule has 0 spiro atoms. The van der Waals surface area contributed by atoms with Crippen LogP contribution in [-0.4, -0.2) is 32.4 Å². The maximum atomic E-state index is 10.8. The Morgan fingerprint density at radius 3 is 1.50 bits per heavy atom. The zero-order valence-corrected chi connectivity index (χ0v) is 6.08. The topological polar surface area (TPSA) is 0 Å². The van der Waals surface area contributed by atoms with Crippen LogP contribution in [0.5, 0.6) is 0 Å². The third-order valence-corrected chi connectivity index (χ3v) is 2.79. The molecule has 0 rings (SSSR count). The fourth-order valence-electron chi connectivity index (χ4n) is 0. The Labute approximate surface area is 46.0 Å². The van der Waals surface area contributed by atoms with Crippen molar-refractivity contribution in [2.75, 3.05) is 0 Å². The fraction of sp³-hybridized carbons (Fsp3) is 1.00. The molecule has 0 bridgehead atoms. The first-order valence-electron chi connectivity index (χ1n) is 0.954. The van der Waals surface area contributed by atoms with Crippen LogP contribution < -0.4 is 0 Å². The van der Waals surface area contributed by atoms with Gasteiger partial charge in [0.2, 0.25) is 0 Å². The van der Waals surface area contributed by atoms with Crippen molar-refractivity contribution in [2.24, 2.45) is 0 Å². The molecule has 5 heteroatoms. The molecule has 0 aliphatic carbocycles. The standard InChI is InChI=1S/CHF3Se2/c2-1(3,4)6-5/h5H. The average Bonchev–Trinajstić information content (AvgIpc) is 1.35. The zero-order valence-electron chi connectivity index (χ0n) is 2.49. The molecule has 6 heavy (non-hydrogen) atoms. The fourth-order valence-corrected chi connectivity index (χ4v) is 0. The summed E-state index contributed by atoms with van der Waals surface area (Å²) >= 11 is 0.283. The molecule has 0 amide bonds. The van der Waals surface area contributed by atoms with Gasteiger partial charge in [-0.1, -0.05) is 0 Å². The molecule has 0 nitrogen and oxygen atoms in total. The summed E-state index contributed by atoms with van der Waals surface area (Å²) in [5.74, 6) is 0. The van der Waals surface area contributed by atoms with E-state index in [1.54, 1.807) is 0 Å². The van der Waals surface area contributed by atoms with Gasteiger partial charge in [0.15, 0.2) is 0 Å². The summed E-state index contributed by atoms with van der Waals surface area (Å²) in [5, 5.41) is -3.92. The van der Waals surface area contributed by atoms with Crippen molar-refractivity contribution in [3.8, 4) is 0 Å². The molecule has 0 fully saturated rings. The van der Waals surface area contributed by atoms with E-state index < -0.39 is 18.2 Å². The molecule has 0 saturated heterocycles. The number of hydrogen-bond acceptors (Lipinski definition) is 0. The van der Waals surface area contributed by atoms with Crippen LogP contribution in [0, 0.1) is 0 Å². The number of alkyl halides is 3. The van der Waals surface area contributed by atoms with Crippen LogP contribution in [-0.2, 0) is 0 Å². The second-order valence-electron chi connectivity index (χ2n) is 0.537. The van der Waals surface area contributed by atoms with Gasteiger partial charge in [0.1, 0.15) is 0 Å². The number of hydrogen-bond donors (Lipinski definition) is 0. The van der Waals surface area contributed by atoms with E-state index >= 15 is 0 Å². The summed E-state index contributed by atoms with van der Waals surface area (Å²) in [6.45, 7) is 0. The van der Waals surface area contributed by atoms with Crippen molar-refractivity contribution in [3.63, 3.8) is 0 Å². The summed E-state index contributed by atoms with van der Waals surface area (Å²) in [6.07, 6.45) is 0. The van der Waals surface area contributed by atoms with Crippen molar-refractivity contribution in [1.29, 1.82) is 0 Å². The molecule has 0 N–H and O–H groups in total. The molecule has 0 unspecified atom stereocenters. The van der Waals surface area contributed by atoms with Gasteiger partial charge in [-0.05, 0) is 0 Å². The normalized spacial score (nSPS) is 12.0. The van der Waals surface area contributed by atoms with Gasteiger partial charge in [0.05, 0.1) is 0 Å². The van der Waals surface area contributed by atoms with E-state index in [9.17, 15) is 13.2 Å². The van der Waals surface area contributed by atoms with Crippen molar-refractivity contribution in [1.82, 2.24) is 0 Å². The Bertz CT molecular complexity index is 38.5. The first-order chi connectivity index (χ1) is 2.56. The Morgan fingerprint density at radius 2 is 1.50 bits per heavy atom. The number of halogens is 3. The van der Waals surface area contributed by atoms with Crippen LogP contribution in [0.3, 0.4) is 0 Å². The van der Waals surface area contributed by atoms with E-state index in [1.807, 2.05) is 0 Å². The van der Waals surface area contributed by atoms with Crippen LogP contribution in [0.25, 0.3) is 0 Å². The monoisotopic (exact) mass is 230 g/mol. The van der Waals surface area contributed by atoms with Crippen LogP contribution in [0.15, 0.2) is 0 Å². The Kier molecular flexibility index (Phi) is 2.52. The second kappa shape index (κ2) is 2.22. The van der Waals surface area contributed by atoms with Crippen molar-refractivity contribution >= 4 is 27.3 Å². The minimum absolute atomic E-state index is 1.25. The quantitative estimate of drug-likeness (QED) is 0.513. The zero-order chi connectivity index (χ0) is 5.21. The predicted molar refractivity (Wildman–Crippen MR) is 19.0 cm³/mol. The van der Waals surface area contributed by atoms with E-state index in [-0.39, 0.29) is 0 Å². The SMILES string of the molecule is FC(F)(F)[Se][SeH]. The van der Waals surface area contributed by atoms with E-state index in [0.717, 1.165) is 0 Å². The molecular formula is CHF3Se2. The van der Waals surface area contributed by atoms with E-state index in [4.69, 9.17) is 0 Å². The Balaban J connectivity index is 3.17. The summed E-state index contributed by atoms with van der Waals surface area (Å²) in [7, 11) is 0. The first kappa shape index (κ1) is 6.83. The third kappa shape index (κ3) is 4.83. The Morgan fingerprint density at radius 1 is 1.33 bits per heavy atom. The van der Waals surface area contributed by atoms with Gasteiger partial charge in [-0.2, -0.15) is 0 Å². The van der Waals surface area contributed by atoms with Crippen LogP contribution >= 0.6 is 0 Å². The van der Waals surface area contributed by atoms with Gasteiger partial charge in [0, 0.05) is 0 Å². The van der Waals surface area contributed by atoms with Crippen LogP contribution in [0.2, 0.25) is 0 Å². The maximum absolute atomic E-state index is 10.8. The van der Waals surface area contributed by atoms with Gasteiger partial charge >= 0.3 is 45.6 Å². The van der Waals surface area contributed by atoms with Crippen LogP contribution in [0.4, 0.5) is 13.2 Å². The summed E-state index contributed by atoms with van der Waals surface area (Å²) in [6, 6.07) is 0. The van der Waals surface area contributed by atoms with Crippen molar-refractivity contribution in [3.05, 3.63) is 0 Å². The second-order valence-corrected chi connectivity index (χ2v) is 3.88. The minimum atomic E-state index is -3.92. The summed E-state index contributed by atoms with van der Waals surface area (Å²) < 4.78 is 32.4. The molecule has 0 radical (unpaired) electrons.